The average Bonchev–Trinajstić information content (AvgIpc) is 3.03. The van der Waals surface area contributed by atoms with Crippen molar-refractivity contribution in [1.82, 2.24) is 4.90 Å². The van der Waals surface area contributed by atoms with E-state index in [-0.39, 0.29) is 24.7 Å². The van der Waals surface area contributed by atoms with Crippen LogP contribution in [0.1, 0.15) is 68.9 Å². The summed E-state index contributed by atoms with van der Waals surface area (Å²) < 4.78 is 5.17. The average molecular weight is 392 g/mol. The minimum absolute atomic E-state index is 0.266. The molecular formula is C23H37NO4. The van der Waals surface area contributed by atoms with Gasteiger partial charge in [0, 0.05) is 32.7 Å². The Kier molecular flexibility index (Phi) is 10.5. The predicted octanol–water partition coefficient (Wildman–Crippen LogP) is 3.45. The fourth-order valence-corrected chi connectivity index (χ4v) is 4.10. The number of hydrogen-bond acceptors (Lipinski definition) is 4. The lowest BCUT2D eigenvalue weighted by Crippen LogP contribution is -2.34. The van der Waals surface area contributed by atoms with Crippen LogP contribution in [0.4, 0.5) is 0 Å². The number of aliphatic hydroxyl groups is 2. The van der Waals surface area contributed by atoms with Crippen molar-refractivity contribution in [1.29, 1.82) is 0 Å². The number of likely N-dealkylation sites (tertiary alicyclic amines) is 1. The molecule has 1 heterocycles. The summed E-state index contributed by atoms with van der Waals surface area (Å²) in [6.45, 7) is 1.69. The molecule has 1 aliphatic heterocycles. The van der Waals surface area contributed by atoms with Crippen LogP contribution in [0.2, 0.25) is 0 Å². The standard InChI is InChI=1S/C23H37NO4/c1-28-18-20-9-7-8-19(16-20)17-22(26)12-10-21-11-13-23(27)24(21)14-5-3-2-4-6-15-25/h7-9,16,21-22,25-26H,2-6,10-15,17-18H2,1H3/t21?,22-/m1/s1. The maximum absolute atomic E-state index is 12.2. The molecule has 1 amide bonds. The van der Waals surface area contributed by atoms with Crippen molar-refractivity contribution in [2.45, 2.75) is 83.0 Å². The van der Waals surface area contributed by atoms with Gasteiger partial charge in [0.25, 0.3) is 0 Å². The fourth-order valence-electron chi connectivity index (χ4n) is 4.10. The van der Waals surface area contributed by atoms with Crippen LogP contribution >= 0.6 is 0 Å². The Morgan fingerprint density at radius 2 is 1.93 bits per heavy atom. The summed E-state index contributed by atoms with van der Waals surface area (Å²) >= 11 is 0. The zero-order chi connectivity index (χ0) is 20.2. The van der Waals surface area contributed by atoms with Crippen LogP contribution < -0.4 is 0 Å². The van der Waals surface area contributed by atoms with E-state index in [1.807, 2.05) is 23.1 Å². The van der Waals surface area contributed by atoms with Crippen molar-refractivity contribution < 1.29 is 19.7 Å². The lowest BCUT2D eigenvalue weighted by atomic mass is 9.99. The van der Waals surface area contributed by atoms with Crippen LogP contribution in [0, 0.1) is 0 Å². The highest BCUT2D eigenvalue weighted by Gasteiger charge is 2.30. The monoisotopic (exact) mass is 391 g/mol. The highest BCUT2D eigenvalue weighted by Crippen LogP contribution is 2.24. The van der Waals surface area contributed by atoms with Gasteiger partial charge in [-0.05, 0) is 49.7 Å². The molecule has 0 spiro atoms. The normalized spacial score (nSPS) is 18.0. The Labute approximate surface area is 169 Å². The zero-order valence-electron chi connectivity index (χ0n) is 17.3. The van der Waals surface area contributed by atoms with Gasteiger partial charge >= 0.3 is 0 Å². The van der Waals surface area contributed by atoms with Gasteiger partial charge in [-0.2, -0.15) is 0 Å². The number of nitrogens with zero attached hydrogens (tertiary/aromatic N) is 1. The largest absolute Gasteiger partial charge is 0.396 e. The number of hydrogen-bond donors (Lipinski definition) is 2. The van der Waals surface area contributed by atoms with E-state index >= 15 is 0 Å². The first-order chi connectivity index (χ1) is 13.6. The first kappa shape index (κ1) is 22.9. The first-order valence-electron chi connectivity index (χ1n) is 10.8. The van der Waals surface area contributed by atoms with E-state index in [2.05, 4.69) is 6.07 Å². The topological polar surface area (TPSA) is 70.0 Å². The molecule has 0 radical (unpaired) electrons. The van der Waals surface area contributed by atoms with Gasteiger partial charge in [-0.25, -0.2) is 0 Å². The summed E-state index contributed by atoms with van der Waals surface area (Å²) in [4.78, 5) is 14.2. The number of carbonyl (C=O) groups excluding carboxylic acids is 1. The molecule has 0 aliphatic carbocycles. The second-order valence-corrected chi connectivity index (χ2v) is 7.96. The molecular weight excluding hydrogens is 354 g/mol. The van der Waals surface area contributed by atoms with E-state index in [0.717, 1.165) is 69.0 Å². The summed E-state index contributed by atoms with van der Waals surface area (Å²) in [5, 5.41) is 19.3. The molecule has 0 aromatic heterocycles. The quantitative estimate of drug-likeness (QED) is 0.477. The number of aliphatic hydroxyl groups excluding tert-OH is 2. The number of rotatable bonds is 14. The minimum Gasteiger partial charge on any atom is -0.396 e. The zero-order valence-corrected chi connectivity index (χ0v) is 17.3. The third-order valence-electron chi connectivity index (χ3n) is 5.62. The Bertz CT molecular complexity index is 577. The van der Waals surface area contributed by atoms with Gasteiger partial charge in [-0.3, -0.25) is 4.79 Å². The van der Waals surface area contributed by atoms with Gasteiger partial charge in [0.1, 0.15) is 0 Å². The number of amides is 1. The van der Waals surface area contributed by atoms with Crippen LogP contribution in [-0.4, -0.2) is 53.4 Å². The van der Waals surface area contributed by atoms with E-state index in [9.17, 15) is 9.90 Å². The van der Waals surface area contributed by atoms with Crippen LogP contribution in [-0.2, 0) is 22.6 Å². The van der Waals surface area contributed by atoms with Crippen LogP contribution in [0.15, 0.2) is 24.3 Å². The van der Waals surface area contributed by atoms with Gasteiger partial charge in [-0.15, -0.1) is 0 Å². The molecule has 1 aromatic carbocycles. The third-order valence-corrected chi connectivity index (χ3v) is 5.62. The Morgan fingerprint density at radius 1 is 1.18 bits per heavy atom. The van der Waals surface area contributed by atoms with Gasteiger partial charge in [0.05, 0.1) is 12.7 Å². The Morgan fingerprint density at radius 3 is 2.71 bits per heavy atom. The van der Waals surface area contributed by atoms with Crippen molar-refractivity contribution in [3.8, 4) is 0 Å². The molecule has 1 unspecified atom stereocenters. The summed E-state index contributed by atoms with van der Waals surface area (Å²) in [6, 6.07) is 8.46. The number of carbonyl (C=O) groups is 1. The Hall–Kier alpha value is -1.43. The predicted molar refractivity (Wildman–Crippen MR) is 111 cm³/mol. The van der Waals surface area contributed by atoms with E-state index < -0.39 is 0 Å². The summed E-state index contributed by atoms with van der Waals surface area (Å²) in [6.07, 6.45) is 8.60. The molecule has 1 saturated heterocycles. The molecule has 1 aliphatic rings. The van der Waals surface area contributed by atoms with E-state index in [1.54, 1.807) is 7.11 Å². The maximum Gasteiger partial charge on any atom is 0.222 e. The second-order valence-electron chi connectivity index (χ2n) is 7.96. The van der Waals surface area contributed by atoms with E-state index in [4.69, 9.17) is 9.84 Å². The van der Waals surface area contributed by atoms with E-state index in [1.165, 1.54) is 0 Å². The molecule has 2 rings (SSSR count). The van der Waals surface area contributed by atoms with Crippen molar-refractivity contribution in [3.63, 3.8) is 0 Å². The highest BCUT2D eigenvalue weighted by molar-refractivity contribution is 5.78. The molecule has 1 fully saturated rings. The molecule has 2 N–H and O–H groups in total. The smallest absolute Gasteiger partial charge is 0.222 e. The van der Waals surface area contributed by atoms with Crippen molar-refractivity contribution in [2.24, 2.45) is 0 Å². The van der Waals surface area contributed by atoms with E-state index in [0.29, 0.717) is 19.4 Å². The van der Waals surface area contributed by atoms with Gasteiger partial charge in [-0.1, -0.05) is 43.5 Å². The van der Waals surface area contributed by atoms with Crippen LogP contribution in [0.5, 0.6) is 0 Å². The molecule has 1 aromatic rings. The molecule has 28 heavy (non-hydrogen) atoms. The SMILES string of the molecule is COCc1cccc(C[C@H](O)CCC2CCC(=O)N2CCCCCCCO)c1. The highest BCUT2D eigenvalue weighted by atomic mass is 16.5. The summed E-state index contributed by atoms with van der Waals surface area (Å²) in [5.41, 5.74) is 2.25. The molecule has 158 valence electrons. The molecule has 0 saturated carbocycles. The lowest BCUT2D eigenvalue weighted by molar-refractivity contribution is -0.129. The number of unbranched alkanes of at least 4 members (excludes halogenated alkanes) is 4. The summed E-state index contributed by atoms with van der Waals surface area (Å²) in [7, 11) is 1.69. The molecule has 5 nitrogen and oxygen atoms in total. The molecule has 0 bridgehead atoms. The van der Waals surface area contributed by atoms with Crippen LogP contribution in [0.25, 0.3) is 0 Å². The fraction of sp³-hybridized carbons (Fsp3) is 0.696. The van der Waals surface area contributed by atoms with Gasteiger partial charge in [0.15, 0.2) is 0 Å². The van der Waals surface area contributed by atoms with Crippen molar-refractivity contribution in [2.75, 3.05) is 20.3 Å². The minimum atomic E-state index is -0.381. The second kappa shape index (κ2) is 12.9. The van der Waals surface area contributed by atoms with Crippen molar-refractivity contribution >= 4 is 5.91 Å². The third kappa shape index (κ3) is 7.90. The Balaban J connectivity index is 1.72. The molecule has 2 atom stereocenters. The van der Waals surface area contributed by atoms with Gasteiger partial charge in [0.2, 0.25) is 5.91 Å². The number of methoxy groups -OCH3 is 1. The maximum atomic E-state index is 12.2. The lowest BCUT2D eigenvalue weighted by Gasteiger charge is -2.26. The molecule has 5 heteroatoms. The summed E-state index contributed by atoms with van der Waals surface area (Å²) in [5.74, 6) is 0.266. The van der Waals surface area contributed by atoms with Crippen LogP contribution in [0.3, 0.4) is 0 Å². The number of ether oxygens (including phenoxy) is 1. The number of benzene rings is 1. The van der Waals surface area contributed by atoms with Crippen molar-refractivity contribution in [3.05, 3.63) is 35.4 Å². The van der Waals surface area contributed by atoms with Gasteiger partial charge < -0.3 is 19.8 Å². The first-order valence-corrected chi connectivity index (χ1v) is 10.8.